The van der Waals surface area contributed by atoms with Crippen LogP contribution in [0.2, 0.25) is 5.02 Å². The number of nitrogens with zero attached hydrogens (tertiary/aromatic N) is 2. The average Bonchev–Trinajstić information content (AvgIpc) is 3.01. The Labute approximate surface area is 110 Å². The first-order valence-corrected chi connectivity index (χ1v) is 6.30. The molecule has 2 heterocycles. The summed E-state index contributed by atoms with van der Waals surface area (Å²) in [6.07, 6.45) is 0.945. The molecule has 1 fully saturated rings. The minimum atomic E-state index is 0.242. The number of hydrogen-bond acceptors (Lipinski definition) is 4. The Hall–Kier alpha value is -1.39. The number of rotatable bonds is 2. The van der Waals surface area contributed by atoms with Gasteiger partial charge in [-0.1, -0.05) is 28.9 Å². The smallest absolute Gasteiger partial charge is 0.259 e. The summed E-state index contributed by atoms with van der Waals surface area (Å²) >= 11 is 6.24. The molecule has 0 spiro atoms. The highest BCUT2D eigenvalue weighted by Crippen LogP contribution is 2.31. The van der Waals surface area contributed by atoms with Crippen LogP contribution in [0, 0.1) is 6.92 Å². The van der Waals surface area contributed by atoms with Gasteiger partial charge in [0.05, 0.1) is 17.2 Å². The largest absolute Gasteiger partial charge is 0.381 e. The second-order valence-electron chi connectivity index (χ2n) is 4.45. The van der Waals surface area contributed by atoms with Gasteiger partial charge in [-0.05, 0) is 25.0 Å². The van der Waals surface area contributed by atoms with Crippen molar-refractivity contribution in [3.63, 3.8) is 0 Å². The molecule has 5 heteroatoms. The van der Waals surface area contributed by atoms with Crippen molar-refractivity contribution in [2.24, 2.45) is 0 Å². The average molecular weight is 265 g/mol. The molecule has 4 nitrogen and oxygen atoms in total. The zero-order valence-corrected chi connectivity index (χ0v) is 10.8. The first-order chi connectivity index (χ1) is 8.75. The molecular weight excluding hydrogens is 252 g/mol. The van der Waals surface area contributed by atoms with Crippen LogP contribution in [0.4, 0.5) is 0 Å². The monoisotopic (exact) mass is 264 g/mol. The molecule has 0 saturated carbocycles. The summed E-state index contributed by atoms with van der Waals surface area (Å²) in [7, 11) is 0. The Balaban J connectivity index is 1.95. The predicted octanol–water partition coefficient (Wildman–Crippen LogP) is 3.20. The molecule has 0 radical (unpaired) electrons. The normalized spacial score (nSPS) is 19.3. The number of aryl methyl sites for hydroxylation is 1. The maximum Gasteiger partial charge on any atom is 0.259 e. The van der Waals surface area contributed by atoms with E-state index in [0.717, 1.165) is 24.2 Å². The summed E-state index contributed by atoms with van der Waals surface area (Å²) in [6, 6.07) is 5.77. The van der Waals surface area contributed by atoms with Crippen molar-refractivity contribution in [2.75, 3.05) is 13.2 Å². The molecule has 1 unspecified atom stereocenters. The molecule has 1 aromatic heterocycles. The van der Waals surface area contributed by atoms with Crippen molar-refractivity contribution >= 4 is 11.6 Å². The van der Waals surface area contributed by atoms with Gasteiger partial charge in [0.25, 0.3) is 5.89 Å². The minimum Gasteiger partial charge on any atom is -0.381 e. The van der Waals surface area contributed by atoms with Crippen molar-refractivity contribution in [3.05, 3.63) is 34.6 Å². The fraction of sp³-hybridized carbons (Fsp3) is 0.385. The van der Waals surface area contributed by atoms with Gasteiger partial charge in [0.1, 0.15) is 0 Å². The third-order valence-electron chi connectivity index (χ3n) is 3.16. The van der Waals surface area contributed by atoms with E-state index in [-0.39, 0.29) is 5.92 Å². The van der Waals surface area contributed by atoms with Gasteiger partial charge in [-0.2, -0.15) is 4.98 Å². The van der Waals surface area contributed by atoms with Crippen LogP contribution in [-0.2, 0) is 4.74 Å². The number of halogens is 1. The van der Waals surface area contributed by atoms with Gasteiger partial charge in [0.15, 0.2) is 5.82 Å². The van der Waals surface area contributed by atoms with Gasteiger partial charge in [-0.15, -0.1) is 0 Å². The Morgan fingerprint density at radius 3 is 3.06 bits per heavy atom. The topological polar surface area (TPSA) is 48.2 Å². The highest BCUT2D eigenvalue weighted by Gasteiger charge is 2.24. The van der Waals surface area contributed by atoms with Gasteiger partial charge in [-0.3, -0.25) is 0 Å². The van der Waals surface area contributed by atoms with Crippen LogP contribution in [0.1, 0.15) is 23.7 Å². The molecule has 1 aromatic carbocycles. The van der Waals surface area contributed by atoms with Crippen molar-refractivity contribution in [1.82, 2.24) is 10.1 Å². The van der Waals surface area contributed by atoms with Crippen molar-refractivity contribution in [1.29, 1.82) is 0 Å². The van der Waals surface area contributed by atoms with E-state index in [9.17, 15) is 0 Å². The number of hydrogen-bond donors (Lipinski definition) is 0. The van der Waals surface area contributed by atoms with Crippen LogP contribution in [0.5, 0.6) is 0 Å². The summed E-state index contributed by atoms with van der Waals surface area (Å²) in [6.45, 7) is 3.38. The molecule has 0 amide bonds. The van der Waals surface area contributed by atoms with Gasteiger partial charge < -0.3 is 9.26 Å². The molecule has 0 aliphatic carbocycles. The second-order valence-corrected chi connectivity index (χ2v) is 4.83. The maximum atomic E-state index is 6.24. The standard InChI is InChI=1S/C13H13ClN2O2/c1-8-3-2-4-10(11(8)14)13-15-12(16-18-13)9-5-6-17-7-9/h2-4,9H,5-7H2,1H3. The van der Waals surface area contributed by atoms with Crippen LogP contribution < -0.4 is 0 Å². The van der Waals surface area contributed by atoms with Gasteiger partial charge >= 0.3 is 0 Å². The molecule has 94 valence electrons. The maximum absolute atomic E-state index is 6.24. The van der Waals surface area contributed by atoms with Gasteiger partial charge in [0.2, 0.25) is 0 Å². The summed E-state index contributed by atoms with van der Waals surface area (Å²) in [5.74, 6) is 1.43. The first-order valence-electron chi connectivity index (χ1n) is 5.92. The molecule has 3 rings (SSSR count). The van der Waals surface area contributed by atoms with Crippen LogP contribution in [0.25, 0.3) is 11.5 Å². The van der Waals surface area contributed by atoms with Gasteiger partial charge in [-0.25, -0.2) is 0 Å². The Morgan fingerprint density at radius 2 is 2.28 bits per heavy atom. The third-order valence-corrected chi connectivity index (χ3v) is 3.66. The molecule has 18 heavy (non-hydrogen) atoms. The summed E-state index contributed by atoms with van der Waals surface area (Å²) in [4.78, 5) is 4.42. The molecule has 2 aromatic rings. The zero-order chi connectivity index (χ0) is 12.5. The number of ether oxygens (including phenoxy) is 1. The van der Waals surface area contributed by atoms with E-state index in [1.54, 1.807) is 0 Å². The lowest BCUT2D eigenvalue weighted by atomic mass is 10.1. The van der Waals surface area contributed by atoms with Crippen LogP contribution in [-0.4, -0.2) is 23.4 Å². The van der Waals surface area contributed by atoms with Crippen LogP contribution >= 0.6 is 11.6 Å². The lowest BCUT2D eigenvalue weighted by molar-refractivity contribution is 0.192. The SMILES string of the molecule is Cc1cccc(-c2nc(C3CCOC3)no2)c1Cl. The molecule has 1 atom stereocenters. The second kappa shape index (κ2) is 4.71. The van der Waals surface area contributed by atoms with E-state index in [1.807, 2.05) is 25.1 Å². The lowest BCUT2D eigenvalue weighted by Gasteiger charge is -2.01. The predicted molar refractivity (Wildman–Crippen MR) is 67.7 cm³/mol. The molecule has 0 bridgehead atoms. The number of benzene rings is 1. The molecule has 1 aliphatic rings. The Bertz CT molecular complexity index is 562. The lowest BCUT2D eigenvalue weighted by Crippen LogP contribution is -1.99. The van der Waals surface area contributed by atoms with E-state index in [0.29, 0.717) is 23.3 Å². The third kappa shape index (κ3) is 2.02. The first kappa shape index (κ1) is 11.7. The molecule has 1 aliphatic heterocycles. The Kier molecular flexibility index (Phi) is 3.06. The van der Waals surface area contributed by atoms with E-state index in [1.165, 1.54) is 0 Å². The molecule has 0 N–H and O–H groups in total. The zero-order valence-electron chi connectivity index (χ0n) is 10.0. The summed E-state index contributed by atoms with van der Waals surface area (Å²) in [5, 5.41) is 4.68. The van der Waals surface area contributed by atoms with E-state index in [2.05, 4.69) is 10.1 Å². The van der Waals surface area contributed by atoms with Crippen LogP contribution in [0.15, 0.2) is 22.7 Å². The quantitative estimate of drug-likeness (QED) is 0.836. The fourth-order valence-corrected chi connectivity index (χ4v) is 2.27. The van der Waals surface area contributed by atoms with Crippen molar-refractivity contribution in [2.45, 2.75) is 19.3 Å². The molecular formula is C13H13ClN2O2. The van der Waals surface area contributed by atoms with Crippen molar-refractivity contribution in [3.8, 4) is 11.5 Å². The van der Waals surface area contributed by atoms with E-state index in [4.69, 9.17) is 20.9 Å². The van der Waals surface area contributed by atoms with Crippen molar-refractivity contribution < 1.29 is 9.26 Å². The van der Waals surface area contributed by atoms with E-state index >= 15 is 0 Å². The Morgan fingerprint density at radius 1 is 1.39 bits per heavy atom. The number of aromatic nitrogens is 2. The van der Waals surface area contributed by atoms with E-state index < -0.39 is 0 Å². The fourth-order valence-electron chi connectivity index (χ4n) is 2.06. The summed E-state index contributed by atoms with van der Waals surface area (Å²) in [5.41, 5.74) is 1.78. The van der Waals surface area contributed by atoms with Crippen LogP contribution in [0.3, 0.4) is 0 Å². The minimum absolute atomic E-state index is 0.242. The van der Waals surface area contributed by atoms with Gasteiger partial charge in [0, 0.05) is 12.5 Å². The summed E-state index contributed by atoms with van der Waals surface area (Å²) < 4.78 is 10.6. The highest BCUT2D eigenvalue weighted by atomic mass is 35.5. The highest BCUT2D eigenvalue weighted by molar-refractivity contribution is 6.33. The molecule has 1 saturated heterocycles.